The maximum Gasteiger partial charge on any atom is 0.332 e. The van der Waals surface area contributed by atoms with Crippen LogP contribution < -0.4 is 0 Å². The number of hydrogen-bond donors (Lipinski definition) is 3. The predicted octanol–water partition coefficient (Wildman–Crippen LogP) is 4.76. The summed E-state index contributed by atoms with van der Waals surface area (Å²) in [6.07, 6.45) is 1.30. The molecule has 0 bridgehead atoms. The van der Waals surface area contributed by atoms with Gasteiger partial charge in [-0.25, -0.2) is 4.79 Å². The van der Waals surface area contributed by atoms with E-state index in [1.807, 2.05) is 91.0 Å². The number of benzene rings is 3. The van der Waals surface area contributed by atoms with Gasteiger partial charge in [-0.05, 0) is 29.2 Å². The molecule has 0 spiro atoms. The van der Waals surface area contributed by atoms with Gasteiger partial charge in [-0.15, -0.1) is 0 Å². The largest absolute Gasteiger partial charge is 0.504 e. The van der Waals surface area contributed by atoms with Crippen molar-refractivity contribution in [1.29, 1.82) is 0 Å². The fourth-order valence-electron chi connectivity index (χ4n) is 4.02. The molecule has 0 heterocycles. The van der Waals surface area contributed by atoms with Gasteiger partial charge in [0, 0.05) is 0 Å². The number of carbonyl (C=O) groups is 1. The third-order valence-corrected chi connectivity index (χ3v) is 5.76. The first-order chi connectivity index (χ1) is 16.5. The van der Waals surface area contributed by atoms with Crippen LogP contribution in [0.2, 0.25) is 0 Å². The third-order valence-electron chi connectivity index (χ3n) is 5.76. The lowest BCUT2D eigenvalue weighted by Gasteiger charge is -2.40. The fraction of sp³-hybridized carbons (Fsp3) is 0.179. The van der Waals surface area contributed by atoms with Gasteiger partial charge in [0.1, 0.15) is 6.61 Å². The summed E-state index contributed by atoms with van der Waals surface area (Å²) in [6, 6.07) is 27.7. The van der Waals surface area contributed by atoms with Crippen LogP contribution in [0.4, 0.5) is 0 Å². The molecule has 34 heavy (non-hydrogen) atoms. The molecule has 1 aliphatic rings. The van der Waals surface area contributed by atoms with Crippen LogP contribution in [0, 0.1) is 5.92 Å². The fourth-order valence-corrected chi connectivity index (χ4v) is 4.02. The monoisotopic (exact) mass is 458 g/mol. The Hall–Kier alpha value is -3.87. The SMILES string of the molecule is O=C(O)C1=CC(O)=C(OCc2ccccc2)C(O)(OCc2ccccc2)C1Cc1ccccc1. The van der Waals surface area contributed by atoms with E-state index in [1.165, 1.54) is 0 Å². The summed E-state index contributed by atoms with van der Waals surface area (Å²) in [5.74, 6) is -5.19. The minimum absolute atomic E-state index is 0.0129. The molecule has 0 aliphatic heterocycles. The highest BCUT2D eigenvalue weighted by Gasteiger charge is 2.51. The lowest BCUT2D eigenvalue weighted by atomic mass is 9.79. The number of rotatable bonds is 9. The highest BCUT2D eigenvalue weighted by Crippen LogP contribution is 2.42. The van der Waals surface area contributed by atoms with Gasteiger partial charge in [0.15, 0.2) is 11.5 Å². The summed E-state index contributed by atoms with van der Waals surface area (Å²) in [5.41, 5.74) is 2.25. The van der Waals surface area contributed by atoms with Crippen molar-refractivity contribution in [3.8, 4) is 0 Å². The summed E-state index contributed by atoms with van der Waals surface area (Å²) in [6.45, 7) is 0.0482. The first kappa shape index (κ1) is 23.3. The van der Waals surface area contributed by atoms with Crippen LogP contribution in [-0.4, -0.2) is 27.1 Å². The van der Waals surface area contributed by atoms with Crippen molar-refractivity contribution in [2.45, 2.75) is 25.4 Å². The van der Waals surface area contributed by atoms with Gasteiger partial charge >= 0.3 is 5.97 Å². The molecule has 2 atom stereocenters. The van der Waals surface area contributed by atoms with Gasteiger partial charge < -0.3 is 24.8 Å². The quantitative estimate of drug-likeness (QED) is 0.400. The van der Waals surface area contributed by atoms with Crippen molar-refractivity contribution in [2.75, 3.05) is 0 Å². The molecule has 6 heteroatoms. The van der Waals surface area contributed by atoms with Crippen molar-refractivity contribution in [2.24, 2.45) is 5.92 Å². The number of hydrogen-bond acceptors (Lipinski definition) is 5. The zero-order valence-corrected chi connectivity index (χ0v) is 18.5. The summed E-state index contributed by atoms with van der Waals surface area (Å²) in [5, 5.41) is 32.6. The highest BCUT2D eigenvalue weighted by molar-refractivity contribution is 5.88. The molecule has 2 unspecified atom stereocenters. The van der Waals surface area contributed by atoms with Gasteiger partial charge in [-0.2, -0.15) is 0 Å². The van der Waals surface area contributed by atoms with Crippen LogP contribution in [0.3, 0.4) is 0 Å². The number of allylic oxidation sites excluding steroid dienone is 1. The second kappa shape index (κ2) is 10.4. The second-order valence-corrected chi connectivity index (χ2v) is 8.11. The summed E-state index contributed by atoms with van der Waals surface area (Å²) < 4.78 is 11.9. The Balaban J connectivity index is 1.73. The van der Waals surface area contributed by atoms with Gasteiger partial charge in [0.05, 0.1) is 18.1 Å². The maximum atomic E-state index is 12.1. The van der Waals surface area contributed by atoms with Crippen molar-refractivity contribution >= 4 is 5.97 Å². The van der Waals surface area contributed by atoms with E-state index in [4.69, 9.17) is 9.47 Å². The lowest BCUT2D eigenvalue weighted by molar-refractivity contribution is -0.237. The minimum Gasteiger partial charge on any atom is -0.504 e. The number of aliphatic hydroxyl groups is 2. The molecule has 1 aliphatic carbocycles. The lowest BCUT2D eigenvalue weighted by Crippen LogP contribution is -2.49. The van der Waals surface area contributed by atoms with E-state index in [-0.39, 0.29) is 31.0 Å². The normalized spacial score (nSPS) is 20.0. The number of ether oxygens (including phenoxy) is 2. The summed E-state index contributed by atoms with van der Waals surface area (Å²) in [4.78, 5) is 12.1. The molecule has 6 nitrogen and oxygen atoms in total. The Morgan fingerprint density at radius 1 is 0.794 bits per heavy atom. The molecular formula is C28H26O6. The number of carboxylic acids is 1. The summed E-state index contributed by atoms with van der Waals surface area (Å²) >= 11 is 0. The zero-order valence-electron chi connectivity index (χ0n) is 18.5. The van der Waals surface area contributed by atoms with Crippen LogP contribution in [-0.2, 0) is 33.9 Å². The van der Waals surface area contributed by atoms with Crippen molar-refractivity contribution in [3.05, 3.63) is 131 Å². The smallest absolute Gasteiger partial charge is 0.332 e. The van der Waals surface area contributed by atoms with Gasteiger partial charge in [0.25, 0.3) is 0 Å². The zero-order chi connectivity index (χ0) is 24.0. The molecular weight excluding hydrogens is 432 g/mol. The van der Waals surface area contributed by atoms with Crippen LogP contribution in [0.15, 0.2) is 114 Å². The molecule has 4 rings (SSSR count). The molecule has 174 valence electrons. The van der Waals surface area contributed by atoms with E-state index < -0.39 is 23.4 Å². The standard InChI is InChI=1S/C28H26O6/c29-25-17-23(27(30)31)24(16-20-10-4-1-5-11-20)28(32,34-19-22-14-8-3-9-15-22)26(25)33-18-21-12-6-2-7-13-21/h1-15,17,24,29,32H,16,18-19H2,(H,30,31). The van der Waals surface area contributed by atoms with Crippen LogP contribution in [0.25, 0.3) is 0 Å². The average Bonchev–Trinajstić information content (AvgIpc) is 2.86. The average molecular weight is 459 g/mol. The molecule has 0 radical (unpaired) electrons. The van der Waals surface area contributed by atoms with Crippen LogP contribution in [0.1, 0.15) is 16.7 Å². The first-order valence-corrected chi connectivity index (χ1v) is 11.0. The van der Waals surface area contributed by atoms with E-state index in [1.54, 1.807) is 0 Å². The van der Waals surface area contributed by atoms with Crippen LogP contribution in [0.5, 0.6) is 0 Å². The Morgan fingerprint density at radius 2 is 1.29 bits per heavy atom. The highest BCUT2D eigenvalue weighted by atomic mass is 16.7. The molecule has 3 aromatic rings. The first-order valence-electron chi connectivity index (χ1n) is 11.0. The molecule has 0 amide bonds. The second-order valence-electron chi connectivity index (χ2n) is 8.11. The van der Waals surface area contributed by atoms with Crippen LogP contribution >= 0.6 is 0 Å². The topological polar surface area (TPSA) is 96.2 Å². The molecule has 3 aromatic carbocycles. The molecule has 3 N–H and O–H groups in total. The Bertz CT molecular complexity index is 1170. The van der Waals surface area contributed by atoms with Crippen molar-refractivity contribution in [3.63, 3.8) is 0 Å². The molecule has 0 fully saturated rings. The van der Waals surface area contributed by atoms with E-state index in [9.17, 15) is 20.1 Å². The van der Waals surface area contributed by atoms with Gasteiger partial charge in [-0.1, -0.05) is 91.0 Å². The van der Waals surface area contributed by atoms with E-state index in [2.05, 4.69) is 0 Å². The van der Waals surface area contributed by atoms with E-state index >= 15 is 0 Å². The van der Waals surface area contributed by atoms with Crippen molar-refractivity contribution < 1.29 is 29.6 Å². The molecule has 0 saturated carbocycles. The number of aliphatic carboxylic acids is 1. The van der Waals surface area contributed by atoms with E-state index in [0.717, 1.165) is 22.8 Å². The Morgan fingerprint density at radius 3 is 1.82 bits per heavy atom. The molecule has 0 aromatic heterocycles. The molecule has 0 saturated heterocycles. The summed E-state index contributed by atoms with van der Waals surface area (Å²) in [7, 11) is 0. The predicted molar refractivity (Wildman–Crippen MR) is 126 cm³/mol. The third kappa shape index (κ3) is 5.20. The Labute approximate surface area is 198 Å². The Kier molecular flexibility index (Phi) is 7.11. The maximum absolute atomic E-state index is 12.1. The minimum atomic E-state index is -2.22. The number of aliphatic hydroxyl groups excluding tert-OH is 1. The van der Waals surface area contributed by atoms with E-state index in [0.29, 0.717) is 0 Å². The van der Waals surface area contributed by atoms with Crippen molar-refractivity contribution in [1.82, 2.24) is 0 Å². The van der Waals surface area contributed by atoms with Gasteiger partial charge in [0.2, 0.25) is 5.79 Å². The number of carboxylic acid groups (broad SMARTS) is 1. The van der Waals surface area contributed by atoms with Gasteiger partial charge in [-0.3, -0.25) is 0 Å².